The summed E-state index contributed by atoms with van der Waals surface area (Å²) >= 11 is 0. The lowest BCUT2D eigenvalue weighted by atomic mass is 10.2. The van der Waals surface area contributed by atoms with E-state index in [9.17, 15) is 9.90 Å². The van der Waals surface area contributed by atoms with Crippen molar-refractivity contribution in [2.75, 3.05) is 0 Å². The van der Waals surface area contributed by atoms with Crippen LogP contribution in [-0.2, 0) is 0 Å². The second kappa shape index (κ2) is 3.56. The zero-order valence-corrected chi connectivity index (χ0v) is 9.14. The highest BCUT2D eigenvalue weighted by Crippen LogP contribution is 2.27. The first-order chi connectivity index (χ1) is 7.50. The Hall–Kier alpha value is -1.97. The molecule has 2 N–H and O–H groups in total. The van der Waals surface area contributed by atoms with Crippen molar-refractivity contribution < 1.29 is 15.0 Å². The van der Waals surface area contributed by atoms with Gasteiger partial charge in [0.1, 0.15) is 5.75 Å². The molecule has 0 spiro atoms. The van der Waals surface area contributed by atoms with E-state index in [0.717, 1.165) is 5.52 Å². The topological polar surface area (TPSA) is 62.5 Å². The van der Waals surface area contributed by atoms with Crippen molar-refractivity contribution in [2.24, 2.45) is 0 Å². The summed E-state index contributed by atoms with van der Waals surface area (Å²) < 4.78 is 1.85. The minimum Gasteiger partial charge on any atom is -0.508 e. The van der Waals surface area contributed by atoms with E-state index in [1.807, 2.05) is 18.4 Å². The normalized spacial score (nSPS) is 11.2. The first kappa shape index (κ1) is 10.5. The highest BCUT2D eigenvalue weighted by molar-refractivity contribution is 6.03. The Morgan fingerprint density at radius 3 is 2.62 bits per heavy atom. The number of benzene rings is 1. The molecule has 0 aliphatic carbocycles. The number of carbonyl (C=O) groups is 1. The highest BCUT2D eigenvalue weighted by Gasteiger charge is 2.15. The number of phenolic OH excluding ortho intramolecular Hbond substituents is 1. The number of carboxylic acids is 1. The summed E-state index contributed by atoms with van der Waals surface area (Å²) in [6.45, 7) is 3.93. The maximum Gasteiger partial charge on any atom is 0.337 e. The van der Waals surface area contributed by atoms with Gasteiger partial charge in [0.2, 0.25) is 0 Å². The maximum atomic E-state index is 11.1. The molecule has 1 aromatic heterocycles. The van der Waals surface area contributed by atoms with Gasteiger partial charge in [-0.15, -0.1) is 0 Å². The number of aromatic carboxylic acids is 1. The third-order valence-electron chi connectivity index (χ3n) is 2.60. The van der Waals surface area contributed by atoms with Crippen LogP contribution in [0.15, 0.2) is 24.4 Å². The third-order valence-corrected chi connectivity index (χ3v) is 2.60. The van der Waals surface area contributed by atoms with Crippen LogP contribution in [0.5, 0.6) is 5.75 Å². The van der Waals surface area contributed by atoms with Gasteiger partial charge in [-0.3, -0.25) is 0 Å². The lowest BCUT2D eigenvalue weighted by Crippen LogP contribution is -1.99. The molecule has 1 aromatic carbocycles. The van der Waals surface area contributed by atoms with Gasteiger partial charge in [0, 0.05) is 23.7 Å². The Bertz CT molecular complexity index is 555. The van der Waals surface area contributed by atoms with Crippen molar-refractivity contribution in [3.8, 4) is 5.75 Å². The molecular weight excluding hydrogens is 206 g/mol. The molecule has 0 aliphatic rings. The van der Waals surface area contributed by atoms with Gasteiger partial charge in [0.05, 0.1) is 11.1 Å². The molecule has 2 rings (SSSR count). The van der Waals surface area contributed by atoms with E-state index < -0.39 is 5.97 Å². The number of phenols is 1. The van der Waals surface area contributed by atoms with Gasteiger partial charge in [-0.1, -0.05) is 0 Å². The van der Waals surface area contributed by atoms with Crippen LogP contribution in [0, 0.1) is 0 Å². The molecule has 16 heavy (non-hydrogen) atoms. The van der Waals surface area contributed by atoms with Crippen molar-refractivity contribution >= 4 is 16.9 Å². The Balaban J connectivity index is 2.81. The summed E-state index contributed by atoms with van der Waals surface area (Å²) in [5, 5.41) is 19.1. The number of hydrogen-bond donors (Lipinski definition) is 2. The summed E-state index contributed by atoms with van der Waals surface area (Å²) in [6.07, 6.45) is 1.61. The van der Waals surface area contributed by atoms with Crippen molar-refractivity contribution in [3.63, 3.8) is 0 Å². The van der Waals surface area contributed by atoms with Crippen molar-refractivity contribution in [1.29, 1.82) is 0 Å². The highest BCUT2D eigenvalue weighted by atomic mass is 16.4. The van der Waals surface area contributed by atoms with Crippen LogP contribution in [-0.4, -0.2) is 20.7 Å². The number of fused-ring (bicyclic) bond motifs is 1. The van der Waals surface area contributed by atoms with E-state index in [0.29, 0.717) is 5.39 Å². The second-order valence-corrected chi connectivity index (χ2v) is 4.05. The molecule has 0 radical (unpaired) electrons. The largest absolute Gasteiger partial charge is 0.508 e. The number of carboxylic acid groups (broad SMARTS) is 1. The van der Waals surface area contributed by atoms with E-state index in [1.165, 1.54) is 6.07 Å². The Kier molecular flexibility index (Phi) is 2.34. The zero-order chi connectivity index (χ0) is 11.9. The number of aromatic nitrogens is 1. The Morgan fingerprint density at radius 2 is 2.06 bits per heavy atom. The monoisotopic (exact) mass is 219 g/mol. The standard InChI is InChI=1S/C12H13NO3/c1-7(2)13-6-10(12(15)16)9-4-3-8(14)5-11(9)13/h3-7,14H,1-2H3,(H,15,16). The molecule has 4 heteroatoms. The van der Waals surface area contributed by atoms with E-state index in [-0.39, 0.29) is 17.4 Å². The molecule has 2 aromatic rings. The van der Waals surface area contributed by atoms with Crippen LogP contribution in [0.3, 0.4) is 0 Å². The summed E-state index contributed by atoms with van der Waals surface area (Å²) in [5.74, 6) is -0.806. The van der Waals surface area contributed by atoms with Crippen LogP contribution in [0.4, 0.5) is 0 Å². The average molecular weight is 219 g/mol. The van der Waals surface area contributed by atoms with Gasteiger partial charge in [0.25, 0.3) is 0 Å². The fraction of sp³-hybridized carbons (Fsp3) is 0.250. The fourth-order valence-corrected chi connectivity index (χ4v) is 1.84. The first-order valence-corrected chi connectivity index (χ1v) is 5.07. The molecule has 0 atom stereocenters. The SMILES string of the molecule is CC(C)n1cc(C(=O)O)c2ccc(O)cc21. The quantitative estimate of drug-likeness (QED) is 0.816. The lowest BCUT2D eigenvalue weighted by Gasteiger charge is -2.08. The van der Waals surface area contributed by atoms with Crippen LogP contribution in [0.2, 0.25) is 0 Å². The number of aromatic hydroxyl groups is 1. The average Bonchev–Trinajstić information content (AvgIpc) is 2.56. The summed E-state index contributed by atoms with van der Waals surface area (Å²) in [6, 6.07) is 4.87. The minimum atomic E-state index is -0.949. The van der Waals surface area contributed by atoms with E-state index >= 15 is 0 Å². The van der Waals surface area contributed by atoms with E-state index in [1.54, 1.807) is 18.3 Å². The van der Waals surface area contributed by atoms with Gasteiger partial charge < -0.3 is 14.8 Å². The van der Waals surface area contributed by atoms with Crippen LogP contribution in [0.1, 0.15) is 30.2 Å². The number of rotatable bonds is 2. The zero-order valence-electron chi connectivity index (χ0n) is 9.14. The Morgan fingerprint density at radius 1 is 1.38 bits per heavy atom. The van der Waals surface area contributed by atoms with E-state index in [4.69, 9.17) is 5.11 Å². The molecule has 84 valence electrons. The van der Waals surface area contributed by atoms with E-state index in [2.05, 4.69) is 0 Å². The third kappa shape index (κ3) is 1.52. The predicted octanol–water partition coefficient (Wildman–Crippen LogP) is 2.63. The van der Waals surface area contributed by atoms with Crippen LogP contribution < -0.4 is 0 Å². The van der Waals surface area contributed by atoms with Gasteiger partial charge >= 0.3 is 5.97 Å². The van der Waals surface area contributed by atoms with Gasteiger partial charge in [0.15, 0.2) is 0 Å². The maximum absolute atomic E-state index is 11.1. The Labute approximate surface area is 92.7 Å². The predicted molar refractivity (Wildman–Crippen MR) is 60.9 cm³/mol. The molecule has 0 saturated heterocycles. The molecule has 1 heterocycles. The molecule has 0 saturated carbocycles. The molecule has 0 aliphatic heterocycles. The van der Waals surface area contributed by atoms with Crippen LogP contribution in [0.25, 0.3) is 10.9 Å². The number of hydrogen-bond acceptors (Lipinski definition) is 2. The number of nitrogens with zero attached hydrogens (tertiary/aromatic N) is 1. The minimum absolute atomic E-state index is 0.143. The van der Waals surface area contributed by atoms with Gasteiger partial charge in [-0.05, 0) is 26.0 Å². The molecule has 0 amide bonds. The summed E-state index contributed by atoms with van der Waals surface area (Å²) in [7, 11) is 0. The fourth-order valence-electron chi connectivity index (χ4n) is 1.84. The molecule has 0 bridgehead atoms. The molecule has 0 fully saturated rings. The smallest absolute Gasteiger partial charge is 0.337 e. The van der Waals surface area contributed by atoms with Gasteiger partial charge in [-0.25, -0.2) is 4.79 Å². The summed E-state index contributed by atoms with van der Waals surface area (Å²) in [5.41, 5.74) is 1.01. The van der Waals surface area contributed by atoms with Crippen molar-refractivity contribution in [1.82, 2.24) is 4.57 Å². The van der Waals surface area contributed by atoms with Crippen molar-refractivity contribution in [3.05, 3.63) is 30.0 Å². The second-order valence-electron chi connectivity index (χ2n) is 4.05. The molecule has 4 nitrogen and oxygen atoms in total. The molecule has 0 unspecified atom stereocenters. The lowest BCUT2D eigenvalue weighted by molar-refractivity contribution is 0.0698. The van der Waals surface area contributed by atoms with Gasteiger partial charge in [-0.2, -0.15) is 0 Å². The van der Waals surface area contributed by atoms with Crippen LogP contribution >= 0.6 is 0 Å². The summed E-state index contributed by atoms with van der Waals surface area (Å²) in [4.78, 5) is 11.1. The molecular formula is C12H13NO3. The van der Waals surface area contributed by atoms with Crippen molar-refractivity contribution in [2.45, 2.75) is 19.9 Å². The first-order valence-electron chi connectivity index (χ1n) is 5.07.